The van der Waals surface area contributed by atoms with Crippen LogP contribution >= 0.6 is 0 Å². The third kappa shape index (κ3) is 11.7. The van der Waals surface area contributed by atoms with Crippen molar-refractivity contribution in [1.82, 2.24) is 0 Å². The molecule has 0 saturated carbocycles. The maximum Gasteiger partial charge on any atom is 0.0890 e. The van der Waals surface area contributed by atoms with E-state index in [1.165, 1.54) is 27.9 Å². The number of hydrogen-bond donors (Lipinski definition) is 3. The zero-order chi connectivity index (χ0) is 32.4. The molecule has 0 aromatic heterocycles. The minimum atomic E-state index is -0.716. The van der Waals surface area contributed by atoms with Crippen molar-refractivity contribution in [2.24, 2.45) is 28.6 Å². The van der Waals surface area contributed by atoms with Crippen LogP contribution in [0.4, 0.5) is 0 Å². The van der Waals surface area contributed by atoms with Gasteiger partial charge in [0, 0.05) is 5.41 Å². The summed E-state index contributed by atoms with van der Waals surface area (Å²) in [7, 11) is 0. The zero-order valence-electron chi connectivity index (χ0n) is 28.9. The first-order chi connectivity index (χ1) is 20.0. The summed E-state index contributed by atoms with van der Waals surface area (Å²) >= 11 is 0. The highest BCUT2D eigenvalue weighted by Crippen LogP contribution is 2.43. The van der Waals surface area contributed by atoms with Gasteiger partial charge in [0.1, 0.15) is 0 Å². The average Bonchev–Trinajstić information content (AvgIpc) is 2.88. The molecular weight excluding hydrogens is 528 g/mol. The number of aliphatic hydroxyl groups is 3. The highest BCUT2D eigenvalue weighted by Gasteiger charge is 2.40. The lowest BCUT2D eigenvalue weighted by molar-refractivity contribution is -0.0462. The zero-order valence-corrected chi connectivity index (χ0v) is 28.9. The summed E-state index contributed by atoms with van der Waals surface area (Å²) in [6.07, 6.45) is 28.1. The summed E-state index contributed by atoms with van der Waals surface area (Å²) < 4.78 is 0. The Hall–Kier alpha value is -2.20. The first-order valence-corrected chi connectivity index (χ1v) is 16.5. The molecule has 3 nitrogen and oxygen atoms in total. The molecule has 0 spiro atoms. The van der Waals surface area contributed by atoms with Crippen molar-refractivity contribution < 1.29 is 15.3 Å². The molecular formula is C40H62O3. The molecule has 3 heteroatoms. The molecule has 0 amide bonds. The van der Waals surface area contributed by atoms with Crippen molar-refractivity contribution in [1.29, 1.82) is 0 Å². The van der Waals surface area contributed by atoms with Gasteiger partial charge in [0.05, 0.1) is 18.3 Å². The van der Waals surface area contributed by atoms with E-state index in [9.17, 15) is 15.3 Å². The van der Waals surface area contributed by atoms with Gasteiger partial charge < -0.3 is 15.3 Å². The van der Waals surface area contributed by atoms with E-state index in [4.69, 9.17) is 0 Å². The van der Waals surface area contributed by atoms with Gasteiger partial charge in [0.15, 0.2) is 0 Å². The molecule has 43 heavy (non-hydrogen) atoms. The molecule has 0 aromatic carbocycles. The fraction of sp³-hybridized carbons (Fsp3) is 0.600. The Morgan fingerprint density at radius 3 is 2.05 bits per heavy atom. The van der Waals surface area contributed by atoms with Gasteiger partial charge in [-0.25, -0.2) is 0 Å². The van der Waals surface area contributed by atoms with Gasteiger partial charge in [0.2, 0.25) is 0 Å². The topological polar surface area (TPSA) is 60.7 Å². The van der Waals surface area contributed by atoms with E-state index in [-0.39, 0.29) is 11.5 Å². The van der Waals surface area contributed by atoms with Crippen LogP contribution in [0.1, 0.15) is 108 Å². The first kappa shape index (κ1) is 37.0. The number of rotatable bonds is 13. The highest BCUT2D eigenvalue weighted by atomic mass is 16.3. The van der Waals surface area contributed by atoms with Crippen LogP contribution in [0.3, 0.4) is 0 Å². The molecule has 0 heterocycles. The van der Waals surface area contributed by atoms with Crippen LogP contribution in [0.25, 0.3) is 0 Å². The number of aliphatic hydroxyl groups excluding tert-OH is 3. The lowest BCUT2D eigenvalue weighted by atomic mass is 9.68. The van der Waals surface area contributed by atoms with Crippen LogP contribution in [0.2, 0.25) is 0 Å². The second-order valence-electron chi connectivity index (χ2n) is 14.7. The van der Waals surface area contributed by atoms with Crippen LogP contribution in [0, 0.1) is 28.6 Å². The Labute approximate surface area is 264 Å². The van der Waals surface area contributed by atoms with Gasteiger partial charge in [-0.1, -0.05) is 138 Å². The molecule has 3 unspecified atom stereocenters. The summed E-state index contributed by atoms with van der Waals surface area (Å²) in [5.74, 6) is 1.33. The molecule has 0 saturated heterocycles. The first-order valence-electron chi connectivity index (χ1n) is 16.5. The molecule has 0 radical (unpaired) electrons. The van der Waals surface area contributed by atoms with E-state index in [2.05, 4.69) is 122 Å². The lowest BCUT2D eigenvalue weighted by Gasteiger charge is -2.41. The summed E-state index contributed by atoms with van der Waals surface area (Å²) in [6, 6.07) is 0. The Balaban J connectivity index is 1.76. The van der Waals surface area contributed by atoms with E-state index in [1.54, 1.807) is 0 Å². The van der Waals surface area contributed by atoms with Crippen molar-refractivity contribution in [3.8, 4) is 0 Å². The summed E-state index contributed by atoms with van der Waals surface area (Å²) in [6.45, 7) is 21.6. The standard InChI is InChI=1S/C40H62O3/c1-28(17-13-19-30(3)21-23-35-32(5)25-34(41)27-39(35,7)8)15-11-12-16-29(2)18-14-20-31(4)22-24-36-33(6)26-37(42)38(43)40(36,9)10/h11-16,19-23,28-30,34,37-38,41-43H,17-18,24-27H2,1-10H3/b15-11+,16-12+,19-13+,20-14+,23-21+,31-22+/t28?,29?,30?,34-,37-,38+/m1/s1. The Kier molecular flexibility index (Phi) is 14.4. The Morgan fingerprint density at radius 2 is 1.44 bits per heavy atom. The molecule has 0 aromatic rings. The molecule has 0 aliphatic heterocycles. The minimum absolute atomic E-state index is 0.0280. The van der Waals surface area contributed by atoms with E-state index >= 15 is 0 Å². The molecule has 0 fully saturated rings. The second kappa shape index (κ2) is 16.8. The lowest BCUT2D eigenvalue weighted by Crippen LogP contribution is -2.44. The summed E-state index contributed by atoms with van der Waals surface area (Å²) in [5, 5.41) is 30.7. The van der Waals surface area contributed by atoms with E-state index in [0.717, 1.165) is 32.1 Å². The van der Waals surface area contributed by atoms with Gasteiger partial charge >= 0.3 is 0 Å². The monoisotopic (exact) mass is 590 g/mol. The van der Waals surface area contributed by atoms with Gasteiger partial charge in [-0.3, -0.25) is 0 Å². The second-order valence-corrected chi connectivity index (χ2v) is 14.7. The smallest absolute Gasteiger partial charge is 0.0890 e. The highest BCUT2D eigenvalue weighted by molar-refractivity contribution is 5.34. The van der Waals surface area contributed by atoms with E-state index in [0.29, 0.717) is 24.2 Å². The van der Waals surface area contributed by atoms with Crippen LogP contribution in [-0.2, 0) is 0 Å². The fourth-order valence-corrected chi connectivity index (χ4v) is 6.66. The Morgan fingerprint density at radius 1 is 0.837 bits per heavy atom. The van der Waals surface area contributed by atoms with Crippen molar-refractivity contribution in [3.63, 3.8) is 0 Å². The molecule has 2 rings (SSSR count). The van der Waals surface area contributed by atoms with Crippen molar-refractivity contribution >= 4 is 0 Å². The maximum atomic E-state index is 10.5. The predicted molar refractivity (Wildman–Crippen MR) is 186 cm³/mol. The quantitative estimate of drug-likeness (QED) is 0.148. The van der Waals surface area contributed by atoms with Crippen LogP contribution in [0.5, 0.6) is 0 Å². The number of hydrogen-bond acceptors (Lipinski definition) is 3. The molecule has 0 bridgehead atoms. The SMILES string of the molecule is CC1=C(/C=C/C(C)/C=C/CC(C)/C=C/C=C/C(C)C/C=C/C(C)=C/CC2=C(C)C[C@@H](O)[C@H](O)C2(C)C)C(C)(C)C[C@H](O)C1. The van der Waals surface area contributed by atoms with E-state index in [1.807, 2.05) is 13.8 Å². The van der Waals surface area contributed by atoms with Crippen molar-refractivity contribution in [2.75, 3.05) is 0 Å². The van der Waals surface area contributed by atoms with Crippen LogP contribution in [0.15, 0.2) is 94.7 Å². The average molecular weight is 591 g/mol. The predicted octanol–water partition coefficient (Wildman–Crippen LogP) is 9.76. The van der Waals surface area contributed by atoms with Crippen LogP contribution < -0.4 is 0 Å². The van der Waals surface area contributed by atoms with Gasteiger partial charge in [0.25, 0.3) is 0 Å². The maximum absolute atomic E-state index is 10.5. The normalized spacial score (nSPS) is 27.5. The van der Waals surface area contributed by atoms with Gasteiger partial charge in [-0.05, 0) is 88.0 Å². The third-order valence-electron chi connectivity index (χ3n) is 9.41. The number of allylic oxidation sites excluding steroid dienone is 13. The molecule has 240 valence electrons. The Bertz CT molecular complexity index is 1150. The largest absolute Gasteiger partial charge is 0.393 e. The van der Waals surface area contributed by atoms with Crippen LogP contribution in [-0.4, -0.2) is 33.6 Å². The third-order valence-corrected chi connectivity index (χ3v) is 9.41. The van der Waals surface area contributed by atoms with Gasteiger partial charge in [-0.2, -0.15) is 0 Å². The van der Waals surface area contributed by atoms with E-state index < -0.39 is 17.6 Å². The molecule has 6 atom stereocenters. The van der Waals surface area contributed by atoms with Gasteiger partial charge in [-0.15, -0.1) is 0 Å². The molecule has 3 N–H and O–H groups in total. The minimum Gasteiger partial charge on any atom is -0.393 e. The molecule has 2 aliphatic rings. The molecule has 2 aliphatic carbocycles. The summed E-state index contributed by atoms with van der Waals surface area (Å²) in [4.78, 5) is 0. The summed E-state index contributed by atoms with van der Waals surface area (Å²) in [5.41, 5.74) is 5.98. The fourth-order valence-electron chi connectivity index (χ4n) is 6.66. The van der Waals surface area contributed by atoms with Crippen molar-refractivity contribution in [2.45, 2.75) is 126 Å². The van der Waals surface area contributed by atoms with Crippen molar-refractivity contribution in [3.05, 3.63) is 94.7 Å².